The quantitative estimate of drug-likeness (QED) is 0.744. The Morgan fingerprint density at radius 2 is 1.88 bits per heavy atom. The zero-order valence-electron chi connectivity index (χ0n) is 11.5. The molecule has 1 fully saturated rings. The van der Waals surface area contributed by atoms with Gasteiger partial charge in [-0.1, -0.05) is 26.7 Å². The van der Waals surface area contributed by atoms with E-state index in [2.05, 4.69) is 25.7 Å². The molecule has 0 aliphatic heterocycles. The van der Waals surface area contributed by atoms with Crippen molar-refractivity contribution in [1.29, 1.82) is 0 Å². The molecule has 0 aromatic heterocycles. The maximum atomic E-state index is 10.7. The van der Waals surface area contributed by atoms with Crippen LogP contribution in [0.4, 0.5) is 0 Å². The van der Waals surface area contributed by atoms with E-state index in [1.54, 1.807) is 0 Å². The van der Waals surface area contributed by atoms with Crippen LogP contribution in [0.25, 0.3) is 0 Å². The van der Waals surface area contributed by atoms with Gasteiger partial charge in [-0.05, 0) is 32.1 Å². The highest BCUT2D eigenvalue weighted by atomic mass is 16.4. The van der Waals surface area contributed by atoms with Crippen LogP contribution in [-0.4, -0.2) is 34.6 Å². The summed E-state index contributed by atoms with van der Waals surface area (Å²) in [5.74, 6) is -0.0179. The number of carboxylic acids is 1. The predicted molar refractivity (Wildman–Crippen MR) is 70.1 cm³/mol. The van der Waals surface area contributed by atoms with Gasteiger partial charge in [0.05, 0.1) is 0 Å². The maximum absolute atomic E-state index is 10.7. The average Bonchev–Trinajstić information content (AvgIpc) is 2.75. The number of hydrogen-bond donors (Lipinski definition) is 1. The molecular formula is C14H27NO2. The van der Waals surface area contributed by atoms with E-state index in [1.807, 2.05) is 0 Å². The Bertz CT molecular complexity index is 234. The van der Waals surface area contributed by atoms with E-state index in [9.17, 15) is 4.79 Å². The van der Waals surface area contributed by atoms with Gasteiger partial charge < -0.3 is 5.11 Å². The monoisotopic (exact) mass is 241 g/mol. The van der Waals surface area contributed by atoms with Crippen LogP contribution in [0, 0.1) is 5.92 Å². The molecule has 0 bridgehead atoms. The highest BCUT2D eigenvalue weighted by molar-refractivity contribution is 5.66. The second-order valence-electron chi connectivity index (χ2n) is 5.81. The van der Waals surface area contributed by atoms with Crippen molar-refractivity contribution in [3.63, 3.8) is 0 Å². The summed E-state index contributed by atoms with van der Waals surface area (Å²) in [6.07, 6.45) is 6.34. The van der Waals surface area contributed by atoms with Crippen molar-refractivity contribution < 1.29 is 9.90 Å². The van der Waals surface area contributed by atoms with Crippen LogP contribution in [0.15, 0.2) is 0 Å². The van der Waals surface area contributed by atoms with E-state index in [-0.39, 0.29) is 0 Å². The van der Waals surface area contributed by atoms with Gasteiger partial charge in [0.1, 0.15) is 0 Å². The van der Waals surface area contributed by atoms with Crippen molar-refractivity contribution in [2.75, 3.05) is 6.54 Å². The van der Waals surface area contributed by atoms with Gasteiger partial charge in [0.15, 0.2) is 0 Å². The standard InChI is InChI=1S/C14H27NO2/c1-11(2)10-15(13-6-4-5-7-13)12(3)8-9-14(16)17/h11-13H,4-10H2,1-3H3,(H,16,17). The zero-order valence-corrected chi connectivity index (χ0v) is 11.5. The highest BCUT2D eigenvalue weighted by Gasteiger charge is 2.26. The molecular weight excluding hydrogens is 214 g/mol. The average molecular weight is 241 g/mol. The summed E-state index contributed by atoms with van der Waals surface area (Å²) in [6, 6.07) is 1.10. The van der Waals surface area contributed by atoms with Gasteiger partial charge in [-0.3, -0.25) is 9.69 Å². The van der Waals surface area contributed by atoms with Gasteiger partial charge in [-0.2, -0.15) is 0 Å². The maximum Gasteiger partial charge on any atom is 0.303 e. The SMILES string of the molecule is CC(C)CN(C(C)CCC(=O)O)C1CCCC1. The van der Waals surface area contributed by atoms with Crippen LogP contribution in [0.2, 0.25) is 0 Å². The first-order chi connectivity index (χ1) is 8.00. The van der Waals surface area contributed by atoms with Crippen LogP contribution in [0.1, 0.15) is 59.3 Å². The minimum Gasteiger partial charge on any atom is -0.481 e. The van der Waals surface area contributed by atoms with E-state index in [1.165, 1.54) is 25.7 Å². The van der Waals surface area contributed by atoms with Crippen LogP contribution in [0.3, 0.4) is 0 Å². The first kappa shape index (κ1) is 14.5. The molecule has 0 spiro atoms. The molecule has 0 amide bonds. The third-order valence-corrected chi connectivity index (χ3v) is 3.71. The van der Waals surface area contributed by atoms with Gasteiger partial charge in [0.2, 0.25) is 0 Å². The Morgan fingerprint density at radius 1 is 1.29 bits per heavy atom. The van der Waals surface area contributed by atoms with Gasteiger partial charge in [0, 0.05) is 25.0 Å². The molecule has 3 nitrogen and oxygen atoms in total. The fourth-order valence-electron chi connectivity index (χ4n) is 2.84. The Labute approximate surface area is 105 Å². The molecule has 0 saturated heterocycles. The molecule has 1 unspecified atom stereocenters. The summed E-state index contributed by atoms with van der Waals surface area (Å²) < 4.78 is 0. The fraction of sp³-hybridized carbons (Fsp3) is 0.929. The summed E-state index contributed by atoms with van der Waals surface area (Å²) in [6.45, 7) is 7.77. The van der Waals surface area contributed by atoms with Crippen molar-refractivity contribution in [3.8, 4) is 0 Å². The van der Waals surface area contributed by atoms with Gasteiger partial charge in [0.25, 0.3) is 0 Å². The number of rotatable bonds is 7. The normalized spacial score (nSPS) is 19.1. The molecule has 1 N–H and O–H groups in total. The first-order valence-electron chi connectivity index (χ1n) is 6.98. The molecule has 1 atom stereocenters. The number of carboxylic acid groups (broad SMARTS) is 1. The minimum absolute atomic E-state index is 0.294. The molecule has 17 heavy (non-hydrogen) atoms. The lowest BCUT2D eigenvalue weighted by Gasteiger charge is -2.35. The summed E-state index contributed by atoms with van der Waals surface area (Å²) in [4.78, 5) is 13.2. The minimum atomic E-state index is -0.673. The number of hydrogen-bond acceptors (Lipinski definition) is 2. The molecule has 3 heteroatoms. The smallest absolute Gasteiger partial charge is 0.303 e. The highest BCUT2D eigenvalue weighted by Crippen LogP contribution is 2.27. The molecule has 0 aromatic rings. The lowest BCUT2D eigenvalue weighted by Crippen LogP contribution is -2.42. The predicted octanol–water partition coefficient (Wildman–Crippen LogP) is 3.14. The Balaban J connectivity index is 2.51. The van der Waals surface area contributed by atoms with Crippen LogP contribution >= 0.6 is 0 Å². The molecule has 0 radical (unpaired) electrons. The number of aliphatic carboxylic acids is 1. The van der Waals surface area contributed by atoms with Crippen LogP contribution < -0.4 is 0 Å². The molecule has 1 rings (SSSR count). The molecule has 1 aliphatic carbocycles. The van der Waals surface area contributed by atoms with E-state index >= 15 is 0 Å². The van der Waals surface area contributed by atoms with Crippen molar-refractivity contribution in [2.24, 2.45) is 5.92 Å². The summed E-state index contributed by atoms with van der Waals surface area (Å²) >= 11 is 0. The summed E-state index contributed by atoms with van der Waals surface area (Å²) in [5.41, 5.74) is 0. The summed E-state index contributed by atoms with van der Waals surface area (Å²) in [5, 5.41) is 8.77. The van der Waals surface area contributed by atoms with Gasteiger partial charge >= 0.3 is 5.97 Å². The van der Waals surface area contributed by atoms with E-state index in [0.717, 1.165) is 13.0 Å². The van der Waals surface area contributed by atoms with Crippen LogP contribution in [0.5, 0.6) is 0 Å². The molecule has 0 aromatic carbocycles. The largest absolute Gasteiger partial charge is 0.481 e. The molecule has 100 valence electrons. The first-order valence-corrected chi connectivity index (χ1v) is 6.98. The van der Waals surface area contributed by atoms with Crippen molar-refractivity contribution in [1.82, 2.24) is 4.90 Å². The molecule has 0 heterocycles. The molecule has 1 saturated carbocycles. The fourth-order valence-corrected chi connectivity index (χ4v) is 2.84. The van der Waals surface area contributed by atoms with Crippen molar-refractivity contribution in [2.45, 2.75) is 71.4 Å². The zero-order chi connectivity index (χ0) is 12.8. The lowest BCUT2D eigenvalue weighted by atomic mass is 10.0. The van der Waals surface area contributed by atoms with E-state index in [0.29, 0.717) is 24.4 Å². The van der Waals surface area contributed by atoms with Gasteiger partial charge in [-0.15, -0.1) is 0 Å². The third kappa shape index (κ3) is 5.07. The third-order valence-electron chi connectivity index (χ3n) is 3.71. The Kier molecular flexibility index (Phi) is 5.96. The van der Waals surface area contributed by atoms with E-state index < -0.39 is 5.97 Å². The van der Waals surface area contributed by atoms with Crippen molar-refractivity contribution >= 4 is 5.97 Å². The Hall–Kier alpha value is -0.570. The van der Waals surface area contributed by atoms with Crippen LogP contribution in [-0.2, 0) is 4.79 Å². The number of carbonyl (C=O) groups is 1. The van der Waals surface area contributed by atoms with Crippen molar-refractivity contribution in [3.05, 3.63) is 0 Å². The second kappa shape index (κ2) is 7.00. The summed E-state index contributed by atoms with van der Waals surface area (Å²) in [7, 11) is 0. The number of nitrogens with zero attached hydrogens (tertiary/aromatic N) is 1. The lowest BCUT2D eigenvalue weighted by molar-refractivity contribution is -0.137. The van der Waals surface area contributed by atoms with Gasteiger partial charge in [-0.25, -0.2) is 0 Å². The molecule has 1 aliphatic rings. The van der Waals surface area contributed by atoms with E-state index in [4.69, 9.17) is 5.11 Å². The topological polar surface area (TPSA) is 40.5 Å². The second-order valence-corrected chi connectivity index (χ2v) is 5.81. The Morgan fingerprint density at radius 3 is 2.35 bits per heavy atom.